The van der Waals surface area contributed by atoms with Gasteiger partial charge in [-0.15, -0.1) is 0 Å². The van der Waals surface area contributed by atoms with Crippen molar-refractivity contribution in [1.29, 1.82) is 5.26 Å². The van der Waals surface area contributed by atoms with Gasteiger partial charge in [-0.3, -0.25) is 4.79 Å². The molecule has 0 unspecified atom stereocenters. The Kier molecular flexibility index (Phi) is 8.77. The molecule has 0 fully saturated rings. The molecule has 0 bridgehead atoms. The van der Waals surface area contributed by atoms with Crippen LogP contribution in [-0.2, 0) is 11.4 Å². The Hall–Kier alpha value is -1.86. The van der Waals surface area contributed by atoms with Gasteiger partial charge in [-0.25, -0.2) is 0 Å². The number of carbonyl (C=O) groups is 1. The first-order valence-corrected chi connectivity index (χ1v) is 12.4. The van der Waals surface area contributed by atoms with Crippen LogP contribution in [0.5, 0.6) is 5.75 Å². The number of carbonyl (C=O) groups excluding carboxylic acids is 1. The van der Waals surface area contributed by atoms with Crippen LogP contribution in [-0.4, -0.2) is 5.91 Å². The van der Waals surface area contributed by atoms with Crippen LogP contribution in [0.4, 0.5) is 5.69 Å². The van der Waals surface area contributed by atoms with E-state index in [1.807, 2.05) is 37.3 Å². The van der Waals surface area contributed by atoms with E-state index < -0.39 is 5.91 Å². The van der Waals surface area contributed by atoms with Crippen molar-refractivity contribution in [2.24, 2.45) is 0 Å². The van der Waals surface area contributed by atoms with Gasteiger partial charge in [0.15, 0.2) is 0 Å². The van der Waals surface area contributed by atoms with Gasteiger partial charge in [-0.05, 0) is 121 Å². The molecule has 0 spiro atoms. The third-order valence-electron chi connectivity index (χ3n) is 4.42. The highest BCUT2D eigenvalue weighted by atomic mass is 127. The summed E-state index contributed by atoms with van der Waals surface area (Å²) in [5, 5.41) is 12.7. The zero-order valence-corrected chi connectivity index (χ0v) is 22.8. The summed E-state index contributed by atoms with van der Waals surface area (Å²) in [5.74, 6) is 0.122. The summed E-state index contributed by atoms with van der Waals surface area (Å²) in [6.07, 6.45) is 1.52. The summed E-state index contributed by atoms with van der Waals surface area (Å²) < 4.78 is 8.51. The molecule has 1 N–H and O–H groups in total. The van der Waals surface area contributed by atoms with Gasteiger partial charge in [0.1, 0.15) is 24.0 Å². The first-order chi connectivity index (χ1) is 15.3. The van der Waals surface area contributed by atoms with E-state index >= 15 is 0 Å². The first kappa shape index (κ1) is 24.8. The second-order valence-electron chi connectivity index (χ2n) is 6.82. The molecule has 3 aromatic carbocycles. The molecule has 4 nitrogen and oxygen atoms in total. The molecule has 32 heavy (non-hydrogen) atoms. The van der Waals surface area contributed by atoms with Crippen LogP contribution in [0.2, 0.25) is 5.02 Å². The van der Waals surface area contributed by atoms with Gasteiger partial charge in [0.2, 0.25) is 0 Å². The van der Waals surface area contributed by atoms with Gasteiger partial charge in [0.05, 0.1) is 8.95 Å². The molecular weight excluding hydrogens is 670 g/mol. The minimum Gasteiger partial charge on any atom is -0.487 e. The number of nitrogens with one attached hydrogen (secondary N) is 1. The van der Waals surface area contributed by atoms with E-state index in [-0.39, 0.29) is 5.57 Å². The van der Waals surface area contributed by atoms with Crippen LogP contribution in [0.3, 0.4) is 0 Å². The molecule has 0 aliphatic heterocycles. The molecular formula is C24H16Br2ClIN2O2. The Morgan fingerprint density at radius 3 is 2.41 bits per heavy atom. The fourth-order valence-electron chi connectivity index (χ4n) is 2.72. The molecule has 0 saturated carbocycles. The van der Waals surface area contributed by atoms with Gasteiger partial charge in [0, 0.05) is 14.3 Å². The third-order valence-corrected chi connectivity index (χ3v) is 6.73. The number of nitriles is 1. The van der Waals surface area contributed by atoms with Gasteiger partial charge >= 0.3 is 0 Å². The number of ether oxygens (including phenoxy) is 1. The number of hydrogen-bond acceptors (Lipinski definition) is 3. The van der Waals surface area contributed by atoms with Crippen molar-refractivity contribution in [2.75, 3.05) is 5.32 Å². The molecule has 0 heterocycles. The van der Waals surface area contributed by atoms with Crippen LogP contribution < -0.4 is 10.1 Å². The third kappa shape index (κ3) is 6.58. The predicted octanol–water partition coefficient (Wildman–Crippen LogP) is 7.90. The van der Waals surface area contributed by atoms with Crippen LogP contribution in [0, 0.1) is 21.8 Å². The number of nitrogens with zero attached hydrogens (tertiary/aromatic N) is 1. The normalized spacial score (nSPS) is 11.1. The predicted molar refractivity (Wildman–Crippen MR) is 144 cm³/mol. The molecule has 0 atom stereocenters. The number of amides is 1. The van der Waals surface area contributed by atoms with E-state index in [0.29, 0.717) is 37.6 Å². The zero-order chi connectivity index (χ0) is 23.3. The fourth-order valence-corrected chi connectivity index (χ4v) is 4.71. The molecule has 0 aliphatic rings. The van der Waals surface area contributed by atoms with Crippen LogP contribution >= 0.6 is 66.1 Å². The largest absolute Gasteiger partial charge is 0.487 e. The van der Waals surface area contributed by atoms with Gasteiger partial charge < -0.3 is 10.1 Å². The molecule has 3 rings (SSSR count). The van der Waals surface area contributed by atoms with Crippen molar-refractivity contribution in [3.63, 3.8) is 0 Å². The lowest BCUT2D eigenvalue weighted by Crippen LogP contribution is -2.13. The zero-order valence-electron chi connectivity index (χ0n) is 16.8. The van der Waals surface area contributed by atoms with Gasteiger partial charge in [-0.2, -0.15) is 5.26 Å². The smallest absolute Gasteiger partial charge is 0.266 e. The Labute approximate surface area is 222 Å². The summed E-state index contributed by atoms with van der Waals surface area (Å²) >= 11 is 15.4. The molecule has 1 amide bonds. The van der Waals surface area contributed by atoms with Gasteiger partial charge in [-0.1, -0.05) is 29.8 Å². The molecule has 0 saturated heterocycles. The van der Waals surface area contributed by atoms with Crippen molar-refractivity contribution >= 4 is 83.7 Å². The lowest BCUT2D eigenvalue weighted by atomic mass is 10.1. The Morgan fingerprint density at radius 1 is 1.16 bits per heavy atom. The summed E-state index contributed by atoms with van der Waals surface area (Å²) in [6.45, 7) is 2.28. The van der Waals surface area contributed by atoms with Crippen LogP contribution in [0.15, 0.2) is 69.1 Å². The second kappa shape index (κ2) is 11.3. The quantitative estimate of drug-likeness (QED) is 0.163. The molecule has 0 radical (unpaired) electrons. The standard InChI is InChI=1S/C24H16Br2ClIN2O2/c1-14-2-7-19(11-22(14)27)30-24(31)17(12-29)8-16-9-20(25)23(21(26)10-16)32-13-15-3-5-18(28)6-4-15/h2-11H,13H2,1H3,(H,30,31)/b17-8-. The van der Waals surface area contributed by atoms with E-state index in [2.05, 4.69) is 59.8 Å². The maximum Gasteiger partial charge on any atom is 0.266 e. The molecule has 8 heteroatoms. The average molecular weight is 687 g/mol. The van der Waals surface area contributed by atoms with E-state index in [1.54, 1.807) is 30.3 Å². The molecule has 0 aliphatic carbocycles. The lowest BCUT2D eigenvalue weighted by Gasteiger charge is -2.12. The van der Waals surface area contributed by atoms with Crippen LogP contribution in [0.25, 0.3) is 6.08 Å². The van der Waals surface area contributed by atoms with E-state index in [4.69, 9.17) is 16.3 Å². The topological polar surface area (TPSA) is 62.1 Å². The summed E-state index contributed by atoms with van der Waals surface area (Å²) in [7, 11) is 0. The monoisotopic (exact) mass is 684 g/mol. The number of anilines is 1. The highest BCUT2D eigenvalue weighted by Gasteiger charge is 2.13. The maximum atomic E-state index is 12.6. The highest BCUT2D eigenvalue weighted by Crippen LogP contribution is 2.36. The van der Waals surface area contributed by atoms with E-state index in [0.717, 1.165) is 14.7 Å². The lowest BCUT2D eigenvalue weighted by molar-refractivity contribution is -0.112. The van der Waals surface area contributed by atoms with Crippen molar-refractivity contribution < 1.29 is 9.53 Å². The highest BCUT2D eigenvalue weighted by molar-refractivity contribution is 14.1. The SMILES string of the molecule is Cc1ccc(NC(=O)/C(C#N)=C\c2cc(Br)c(OCc3ccc(I)cc3)c(Br)c2)cc1Cl. The van der Waals surface area contributed by atoms with Crippen molar-refractivity contribution in [1.82, 2.24) is 0 Å². The van der Waals surface area contributed by atoms with Gasteiger partial charge in [0.25, 0.3) is 5.91 Å². The van der Waals surface area contributed by atoms with Crippen molar-refractivity contribution in [3.8, 4) is 11.8 Å². The Morgan fingerprint density at radius 2 is 1.81 bits per heavy atom. The second-order valence-corrected chi connectivity index (χ2v) is 10.2. The van der Waals surface area contributed by atoms with Crippen molar-refractivity contribution in [3.05, 3.63) is 94.4 Å². The number of benzene rings is 3. The summed E-state index contributed by atoms with van der Waals surface area (Å²) in [4.78, 5) is 12.6. The number of rotatable bonds is 6. The number of aryl methyl sites for hydroxylation is 1. The summed E-state index contributed by atoms with van der Waals surface area (Å²) in [5.41, 5.74) is 3.10. The fraction of sp³-hybridized carbons (Fsp3) is 0.0833. The average Bonchev–Trinajstić information content (AvgIpc) is 2.75. The number of halogens is 4. The van der Waals surface area contributed by atoms with E-state index in [1.165, 1.54) is 6.08 Å². The first-order valence-electron chi connectivity index (χ1n) is 9.32. The minimum atomic E-state index is -0.515. The minimum absolute atomic E-state index is 0.0342. The Balaban J connectivity index is 1.77. The molecule has 3 aromatic rings. The maximum absolute atomic E-state index is 12.6. The van der Waals surface area contributed by atoms with Crippen LogP contribution in [0.1, 0.15) is 16.7 Å². The molecule has 0 aromatic heterocycles. The Bertz CT molecular complexity index is 1210. The number of hydrogen-bond donors (Lipinski definition) is 1. The van der Waals surface area contributed by atoms with E-state index in [9.17, 15) is 10.1 Å². The van der Waals surface area contributed by atoms with Crippen molar-refractivity contribution in [2.45, 2.75) is 13.5 Å². The molecule has 162 valence electrons. The summed E-state index contributed by atoms with van der Waals surface area (Å²) in [6, 6.07) is 18.8.